The fourth-order valence-electron chi connectivity index (χ4n) is 8.31. The molecule has 2 aromatic heterocycles. The van der Waals surface area contributed by atoms with E-state index in [2.05, 4.69) is 31.1 Å². The number of nitrogens with two attached hydrogens (primary N) is 1. The lowest BCUT2D eigenvalue weighted by Crippen LogP contribution is -2.69. The van der Waals surface area contributed by atoms with Crippen molar-refractivity contribution >= 4 is 40.1 Å². The van der Waals surface area contributed by atoms with E-state index in [4.69, 9.17) is 10.5 Å². The van der Waals surface area contributed by atoms with Crippen LogP contribution in [0.4, 0.5) is 11.5 Å². The number of carbonyl (C=O) groups is 3. The molecule has 4 aliphatic rings. The maximum atomic E-state index is 13.6. The molecule has 3 heterocycles. The summed E-state index contributed by atoms with van der Waals surface area (Å²) in [6.07, 6.45) is 8.95. The van der Waals surface area contributed by atoms with Crippen LogP contribution in [0.15, 0.2) is 53.3 Å². The van der Waals surface area contributed by atoms with Crippen LogP contribution >= 0.6 is 0 Å². The second-order valence-electron chi connectivity index (χ2n) is 14.9. The van der Waals surface area contributed by atoms with E-state index in [9.17, 15) is 24.3 Å². The van der Waals surface area contributed by atoms with Crippen molar-refractivity contribution in [3.63, 3.8) is 0 Å². The van der Waals surface area contributed by atoms with E-state index in [1.807, 2.05) is 18.2 Å². The molecule has 14 nitrogen and oxygen atoms in total. The third-order valence-corrected chi connectivity index (χ3v) is 11.0. The summed E-state index contributed by atoms with van der Waals surface area (Å²) in [5.74, 6) is 0.499. The molecule has 4 aromatic rings. The highest BCUT2D eigenvalue weighted by Crippen LogP contribution is 2.73. The summed E-state index contributed by atoms with van der Waals surface area (Å²) in [5.41, 5.74) is 7.72. The predicted molar refractivity (Wildman–Crippen MR) is 199 cm³/mol. The SMILES string of the molecule is Cc1nc2cccc(NCCCCCCCCNC(=O)C34CC(COc5cc(-c6ccccc6O)nnc5N)(C3)C4)c2c(=O)n1C1CCC(=O)NC1=O. The number of carbonyl (C=O) groups excluding carboxylic acids is 3. The molecule has 3 amide bonds. The molecule has 1 aliphatic heterocycles. The van der Waals surface area contributed by atoms with Gasteiger partial charge >= 0.3 is 0 Å². The highest BCUT2D eigenvalue weighted by atomic mass is 16.5. The Labute approximate surface area is 306 Å². The standard InChI is InChI=1S/C39H46N8O6/c1-24-43-27-13-10-12-26(33(27)36(51)47(24)29-15-16-32(49)44-35(29)50)41-17-8-4-2-3-5-9-18-42-37(52)39-20-38(21-39,22-39)23-53-31-19-28(45-46-34(31)40)25-11-6-7-14-30(25)48/h6-7,10-14,19,29,41,48H,2-5,8-9,15-18,20-23H2,1H3,(H2,40,46)(H,42,52)(H,44,49,50). The maximum Gasteiger partial charge on any atom is 0.264 e. The Morgan fingerprint density at radius 3 is 2.49 bits per heavy atom. The average molecular weight is 723 g/mol. The van der Waals surface area contributed by atoms with E-state index < -0.39 is 11.9 Å². The van der Waals surface area contributed by atoms with Crippen LogP contribution in [0.5, 0.6) is 11.5 Å². The molecule has 278 valence electrons. The Morgan fingerprint density at radius 1 is 1.00 bits per heavy atom. The van der Waals surface area contributed by atoms with Gasteiger partial charge in [-0.1, -0.05) is 43.9 Å². The molecule has 8 rings (SSSR count). The fraction of sp³-hybridized carbons (Fsp3) is 0.462. The second kappa shape index (κ2) is 14.8. The minimum absolute atomic E-state index is 0.0184. The summed E-state index contributed by atoms with van der Waals surface area (Å²) in [4.78, 5) is 55.4. The van der Waals surface area contributed by atoms with Crippen molar-refractivity contribution in [3.8, 4) is 22.8 Å². The van der Waals surface area contributed by atoms with Gasteiger partial charge in [-0.2, -0.15) is 0 Å². The number of rotatable bonds is 16. The van der Waals surface area contributed by atoms with Crippen LogP contribution in [0.25, 0.3) is 22.2 Å². The molecule has 1 unspecified atom stereocenters. The number of imide groups is 1. The van der Waals surface area contributed by atoms with Crippen molar-refractivity contribution < 1.29 is 24.2 Å². The molecule has 3 saturated carbocycles. The average Bonchev–Trinajstić information content (AvgIpc) is 3.09. The number of ether oxygens (including phenoxy) is 1. The molecular weight excluding hydrogens is 676 g/mol. The molecule has 4 fully saturated rings. The van der Waals surface area contributed by atoms with E-state index in [1.165, 1.54) is 4.57 Å². The largest absolute Gasteiger partial charge is 0.507 e. The first-order valence-corrected chi connectivity index (χ1v) is 18.5. The van der Waals surface area contributed by atoms with E-state index in [1.54, 1.807) is 37.3 Å². The molecule has 1 atom stereocenters. The molecule has 0 spiro atoms. The number of benzene rings is 2. The number of phenolic OH excluding ortho intramolecular Hbond substituents is 1. The van der Waals surface area contributed by atoms with Crippen molar-refractivity contribution in [2.24, 2.45) is 10.8 Å². The van der Waals surface area contributed by atoms with Gasteiger partial charge in [-0.15, -0.1) is 10.2 Å². The Hall–Kier alpha value is -5.53. The summed E-state index contributed by atoms with van der Waals surface area (Å²) in [6.45, 7) is 3.53. The van der Waals surface area contributed by atoms with E-state index in [0.29, 0.717) is 59.1 Å². The number of phenols is 1. The highest BCUT2D eigenvalue weighted by molar-refractivity contribution is 5.99. The number of amides is 3. The summed E-state index contributed by atoms with van der Waals surface area (Å²) < 4.78 is 7.48. The minimum atomic E-state index is -0.759. The number of nitrogen functional groups attached to an aromatic ring is 1. The predicted octanol–water partition coefficient (Wildman–Crippen LogP) is 4.55. The van der Waals surface area contributed by atoms with Crippen molar-refractivity contribution in [3.05, 3.63) is 64.7 Å². The summed E-state index contributed by atoms with van der Waals surface area (Å²) in [7, 11) is 0. The molecule has 2 aromatic carbocycles. The number of aryl methyl sites for hydroxylation is 1. The van der Waals surface area contributed by atoms with Gasteiger partial charge in [0.15, 0.2) is 11.6 Å². The van der Waals surface area contributed by atoms with Crippen LogP contribution in [-0.2, 0) is 14.4 Å². The van der Waals surface area contributed by atoms with Crippen LogP contribution in [0, 0.1) is 17.8 Å². The van der Waals surface area contributed by atoms with Gasteiger partial charge in [-0.3, -0.25) is 29.1 Å². The number of anilines is 2. The number of nitrogens with zero attached hydrogens (tertiary/aromatic N) is 4. The van der Waals surface area contributed by atoms with Gasteiger partial charge < -0.3 is 26.2 Å². The lowest BCUT2D eigenvalue weighted by molar-refractivity contribution is -0.217. The zero-order valence-electron chi connectivity index (χ0n) is 30.0. The number of fused-ring (bicyclic) bond motifs is 1. The Morgan fingerprint density at radius 2 is 1.74 bits per heavy atom. The molecule has 0 radical (unpaired) electrons. The molecular formula is C39H46N8O6. The van der Waals surface area contributed by atoms with Gasteiger partial charge in [0.05, 0.1) is 22.9 Å². The van der Waals surface area contributed by atoms with Crippen LogP contribution < -0.4 is 32.0 Å². The van der Waals surface area contributed by atoms with Gasteiger partial charge in [0, 0.05) is 42.2 Å². The Balaban J connectivity index is 0.782. The van der Waals surface area contributed by atoms with Gasteiger partial charge in [0.1, 0.15) is 23.3 Å². The van der Waals surface area contributed by atoms with Crippen molar-refractivity contribution in [2.45, 2.75) is 83.6 Å². The van der Waals surface area contributed by atoms with Crippen LogP contribution in [0.2, 0.25) is 0 Å². The summed E-state index contributed by atoms with van der Waals surface area (Å²) in [6, 6.07) is 13.3. The van der Waals surface area contributed by atoms with Gasteiger partial charge in [0.25, 0.3) is 5.56 Å². The third kappa shape index (κ3) is 7.26. The first kappa shape index (κ1) is 35.9. The fourth-order valence-corrected chi connectivity index (χ4v) is 8.31. The molecule has 14 heteroatoms. The molecule has 1 saturated heterocycles. The van der Waals surface area contributed by atoms with Crippen molar-refractivity contribution in [2.75, 3.05) is 30.7 Å². The Kier molecular flexibility index (Phi) is 10.0. The highest BCUT2D eigenvalue weighted by Gasteiger charge is 2.71. The molecule has 6 N–H and O–H groups in total. The summed E-state index contributed by atoms with van der Waals surface area (Å²) >= 11 is 0. The number of piperidine rings is 1. The summed E-state index contributed by atoms with van der Waals surface area (Å²) in [5, 5.41) is 27.6. The number of hydrogen-bond donors (Lipinski definition) is 5. The number of aromatic nitrogens is 4. The van der Waals surface area contributed by atoms with Gasteiger partial charge in [0.2, 0.25) is 17.7 Å². The van der Waals surface area contributed by atoms with Crippen molar-refractivity contribution in [1.29, 1.82) is 0 Å². The quantitative estimate of drug-likeness (QED) is 0.0802. The minimum Gasteiger partial charge on any atom is -0.507 e. The zero-order valence-corrected chi connectivity index (χ0v) is 30.0. The number of hydrogen-bond acceptors (Lipinski definition) is 11. The van der Waals surface area contributed by atoms with Crippen LogP contribution in [-0.4, -0.2) is 62.3 Å². The second-order valence-corrected chi connectivity index (χ2v) is 14.9. The molecule has 2 bridgehead atoms. The van der Waals surface area contributed by atoms with Crippen molar-refractivity contribution in [1.82, 2.24) is 30.4 Å². The van der Waals surface area contributed by atoms with E-state index in [-0.39, 0.29) is 52.6 Å². The van der Waals surface area contributed by atoms with Gasteiger partial charge in [-0.25, -0.2) is 4.98 Å². The van der Waals surface area contributed by atoms with Gasteiger partial charge in [-0.05, 0) is 69.7 Å². The lowest BCUT2D eigenvalue weighted by atomic mass is 9.35. The normalized spacial score (nSPS) is 21.7. The topological polar surface area (TPSA) is 203 Å². The lowest BCUT2D eigenvalue weighted by Gasteiger charge is -2.68. The van der Waals surface area contributed by atoms with Crippen LogP contribution in [0.3, 0.4) is 0 Å². The number of unbranched alkanes of at least 4 members (excludes halogenated alkanes) is 5. The van der Waals surface area contributed by atoms with E-state index >= 15 is 0 Å². The smallest absolute Gasteiger partial charge is 0.264 e. The number of aromatic hydroxyl groups is 1. The monoisotopic (exact) mass is 722 g/mol. The number of nitrogens with one attached hydrogen (secondary N) is 3. The maximum absolute atomic E-state index is 13.6. The van der Waals surface area contributed by atoms with Crippen LogP contribution in [0.1, 0.15) is 82.5 Å². The van der Waals surface area contributed by atoms with E-state index in [0.717, 1.165) is 57.8 Å². The first-order valence-electron chi connectivity index (χ1n) is 18.5. The first-order chi connectivity index (χ1) is 25.6. The molecule has 53 heavy (non-hydrogen) atoms. The zero-order chi connectivity index (χ0) is 37.2. The molecule has 3 aliphatic carbocycles. The third-order valence-electron chi connectivity index (χ3n) is 11.0. The number of para-hydroxylation sites is 1. The Bertz CT molecular complexity index is 2100.